The minimum absolute atomic E-state index is 0.0595. The fourth-order valence-electron chi connectivity index (χ4n) is 3.94. The van der Waals surface area contributed by atoms with Crippen LogP contribution in [0.1, 0.15) is 19.8 Å². The molecule has 3 aromatic rings. The number of imidazole rings is 1. The number of hydrogen-bond donors (Lipinski definition) is 3. The van der Waals surface area contributed by atoms with Crippen molar-refractivity contribution in [1.29, 1.82) is 0 Å². The third-order valence-corrected chi connectivity index (χ3v) is 7.49. The van der Waals surface area contributed by atoms with Gasteiger partial charge in [0.1, 0.15) is 17.5 Å². The normalized spacial score (nSPS) is 19.4. The highest BCUT2D eigenvalue weighted by atomic mass is 32.2. The summed E-state index contributed by atoms with van der Waals surface area (Å²) in [6.07, 6.45) is 4.69. The molecular formula is C22H24N4O5S. The Bertz CT molecular complexity index is 1160. The second-order valence-electron chi connectivity index (χ2n) is 7.72. The summed E-state index contributed by atoms with van der Waals surface area (Å²) < 4.78 is 33.4. The van der Waals surface area contributed by atoms with Crippen molar-refractivity contribution in [3.8, 4) is 22.8 Å². The Morgan fingerprint density at radius 2 is 1.81 bits per heavy atom. The molecule has 1 aromatic heterocycles. The standard InChI is InChI=1S/C22H24N4O5S/c1-15-3-2-12-26(21(15)22(27)25-28)32(29,30)19-10-8-18(9-11-19)31-17-6-4-16(5-7-17)20-13-23-14-24-20/h4-11,13-15,21,28H,2-3,12H2,1H3,(H,23,24)(H,25,27)/t15?,21-/m0/s1. The second kappa shape index (κ2) is 9.11. The Labute approximate surface area is 186 Å². The van der Waals surface area contributed by atoms with Crippen LogP contribution in [0.4, 0.5) is 0 Å². The van der Waals surface area contributed by atoms with Crippen LogP contribution in [0, 0.1) is 5.92 Å². The highest BCUT2D eigenvalue weighted by Crippen LogP contribution is 2.31. The number of ether oxygens (including phenoxy) is 1. The molecule has 0 bridgehead atoms. The van der Waals surface area contributed by atoms with Crippen LogP contribution in [0.15, 0.2) is 66.0 Å². The molecule has 3 N–H and O–H groups in total. The number of rotatable bonds is 6. The molecule has 1 aliphatic rings. The number of nitrogens with one attached hydrogen (secondary N) is 2. The van der Waals surface area contributed by atoms with Gasteiger partial charge in [-0.15, -0.1) is 0 Å². The van der Waals surface area contributed by atoms with Gasteiger partial charge in [0.25, 0.3) is 5.91 Å². The van der Waals surface area contributed by atoms with Gasteiger partial charge in [0.2, 0.25) is 10.0 Å². The zero-order chi connectivity index (χ0) is 22.7. The van der Waals surface area contributed by atoms with Crippen LogP contribution < -0.4 is 10.2 Å². The molecule has 2 heterocycles. The first-order valence-corrected chi connectivity index (χ1v) is 11.7. The number of carbonyl (C=O) groups is 1. The number of benzene rings is 2. The number of hydrogen-bond acceptors (Lipinski definition) is 6. The van der Waals surface area contributed by atoms with Crippen LogP contribution in [-0.4, -0.2) is 46.4 Å². The summed E-state index contributed by atoms with van der Waals surface area (Å²) in [7, 11) is -3.92. The molecule has 168 valence electrons. The van der Waals surface area contributed by atoms with E-state index in [1.807, 2.05) is 24.3 Å². The van der Waals surface area contributed by atoms with Crippen LogP contribution in [0.3, 0.4) is 0 Å². The molecule has 1 unspecified atom stereocenters. The molecule has 9 nitrogen and oxygen atoms in total. The van der Waals surface area contributed by atoms with Crippen molar-refractivity contribution in [3.05, 3.63) is 61.1 Å². The number of hydroxylamine groups is 1. The summed E-state index contributed by atoms with van der Waals surface area (Å²) in [6.45, 7) is 2.02. The lowest BCUT2D eigenvalue weighted by Crippen LogP contribution is -2.54. The monoisotopic (exact) mass is 456 g/mol. The van der Waals surface area contributed by atoms with Gasteiger partial charge in [0, 0.05) is 6.54 Å². The molecule has 10 heteroatoms. The highest BCUT2D eigenvalue weighted by Gasteiger charge is 2.41. The van der Waals surface area contributed by atoms with Gasteiger partial charge in [-0.2, -0.15) is 4.31 Å². The molecule has 2 atom stereocenters. The smallest absolute Gasteiger partial charge is 0.262 e. The van der Waals surface area contributed by atoms with E-state index in [4.69, 9.17) is 9.94 Å². The van der Waals surface area contributed by atoms with Crippen LogP contribution >= 0.6 is 0 Å². The zero-order valence-corrected chi connectivity index (χ0v) is 18.2. The molecule has 1 aliphatic heterocycles. The van der Waals surface area contributed by atoms with Crippen molar-refractivity contribution in [2.24, 2.45) is 5.92 Å². The van der Waals surface area contributed by atoms with E-state index in [2.05, 4.69) is 9.97 Å². The molecule has 32 heavy (non-hydrogen) atoms. The number of piperidine rings is 1. The summed E-state index contributed by atoms with van der Waals surface area (Å²) in [5.41, 5.74) is 3.46. The average Bonchev–Trinajstić information content (AvgIpc) is 3.34. The van der Waals surface area contributed by atoms with E-state index in [9.17, 15) is 13.2 Å². The van der Waals surface area contributed by atoms with E-state index in [1.54, 1.807) is 37.1 Å². The fraction of sp³-hybridized carbons (Fsp3) is 0.273. The maximum atomic E-state index is 13.2. The van der Waals surface area contributed by atoms with E-state index in [1.165, 1.54) is 12.1 Å². The Morgan fingerprint density at radius 1 is 1.16 bits per heavy atom. The van der Waals surface area contributed by atoms with Crippen LogP contribution in [0.2, 0.25) is 0 Å². The molecule has 0 spiro atoms. The predicted octanol–water partition coefficient (Wildman–Crippen LogP) is 3.16. The van der Waals surface area contributed by atoms with Crippen molar-refractivity contribution >= 4 is 15.9 Å². The van der Waals surface area contributed by atoms with Gasteiger partial charge in [-0.1, -0.05) is 6.92 Å². The number of carbonyl (C=O) groups excluding carboxylic acids is 1. The zero-order valence-electron chi connectivity index (χ0n) is 17.4. The minimum Gasteiger partial charge on any atom is -0.457 e. The lowest BCUT2D eigenvalue weighted by molar-refractivity contribution is -0.135. The topological polar surface area (TPSA) is 125 Å². The van der Waals surface area contributed by atoms with E-state index in [0.29, 0.717) is 24.3 Å². The van der Waals surface area contributed by atoms with Crippen molar-refractivity contribution in [2.75, 3.05) is 6.54 Å². The lowest BCUT2D eigenvalue weighted by Gasteiger charge is -2.37. The Kier molecular flexibility index (Phi) is 6.26. The maximum Gasteiger partial charge on any atom is 0.262 e. The molecule has 2 aromatic carbocycles. The predicted molar refractivity (Wildman–Crippen MR) is 117 cm³/mol. The molecule has 4 rings (SSSR count). The lowest BCUT2D eigenvalue weighted by atomic mass is 9.92. The number of H-pyrrole nitrogens is 1. The third-order valence-electron chi connectivity index (χ3n) is 5.60. The van der Waals surface area contributed by atoms with Gasteiger partial charge in [-0.25, -0.2) is 18.9 Å². The molecule has 0 saturated carbocycles. The average molecular weight is 457 g/mol. The molecule has 1 fully saturated rings. The van der Waals surface area contributed by atoms with Gasteiger partial charge < -0.3 is 9.72 Å². The number of aromatic amines is 1. The first kappa shape index (κ1) is 22.0. The van der Waals surface area contributed by atoms with Crippen molar-refractivity contribution < 1.29 is 23.2 Å². The summed E-state index contributed by atoms with van der Waals surface area (Å²) in [5.74, 6) is 0.153. The van der Waals surface area contributed by atoms with E-state index in [0.717, 1.165) is 15.6 Å². The third kappa shape index (κ3) is 4.38. The van der Waals surface area contributed by atoms with Crippen LogP contribution in [-0.2, 0) is 14.8 Å². The van der Waals surface area contributed by atoms with Crippen molar-refractivity contribution in [2.45, 2.75) is 30.7 Å². The molecule has 1 amide bonds. The van der Waals surface area contributed by atoms with Gasteiger partial charge in [-0.05, 0) is 72.9 Å². The Balaban J connectivity index is 1.50. The highest BCUT2D eigenvalue weighted by molar-refractivity contribution is 7.89. The summed E-state index contributed by atoms with van der Waals surface area (Å²) in [6, 6.07) is 12.5. The van der Waals surface area contributed by atoms with Gasteiger partial charge in [0.15, 0.2) is 0 Å². The fourth-order valence-corrected chi connectivity index (χ4v) is 5.67. The van der Waals surface area contributed by atoms with E-state index < -0.39 is 22.0 Å². The quantitative estimate of drug-likeness (QED) is 0.387. The minimum atomic E-state index is -3.92. The van der Waals surface area contributed by atoms with Gasteiger partial charge in [-0.3, -0.25) is 10.0 Å². The number of sulfonamides is 1. The van der Waals surface area contributed by atoms with Crippen LogP contribution in [0.25, 0.3) is 11.3 Å². The van der Waals surface area contributed by atoms with Gasteiger partial charge >= 0.3 is 0 Å². The first-order valence-electron chi connectivity index (χ1n) is 10.2. The summed E-state index contributed by atoms with van der Waals surface area (Å²) in [5, 5.41) is 9.06. The van der Waals surface area contributed by atoms with E-state index >= 15 is 0 Å². The van der Waals surface area contributed by atoms with Crippen LogP contribution in [0.5, 0.6) is 11.5 Å². The van der Waals surface area contributed by atoms with Gasteiger partial charge in [0.05, 0.1) is 23.1 Å². The Morgan fingerprint density at radius 3 is 2.41 bits per heavy atom. The van der Waals surface area contributed by atoms with E-state index in [-0.39, 0.29) is 17.4 Å². The largest absolute Gasteiger partial charge is 0.457 e. The number of amides is 1. The first-order chi connectivity index (χ1) is 15.4. The molecular weight excluding hydrogens is 432 g/mol. The number of aromatic nitrogens is 2. The maximum absolute atomic E-state index is 13.2. The molecule has 0 radical (unpaired) electrons. The van der Waals surface area contributed by atoms with Crippen molar-refractivity contribution in [3.63, 3.8) is 0 Å². The Hall–Kier alpha value is -3.21. The molecule has 1 saturated heterocycles. The molecule has 0 aliphatic carbocycles. The summed E-state index contributed by atoms with van der Waals surface area (Å²) >= 11 is 0. The van der Waals surface area contributed by atoms with Crippen molar-refractivity contribution in [1.82, 2.24) is 19.8 Å². The SMILES string of the molecule is CC1CCCN(S(=O)(=O)c2ccc(Oc3ccc(-c4cnc[nH]4)cc3)cc2)[C@@H]1C(=O)NO. The second-order valence-corrected chi connectivity index (χ2v) is 9.61. The summed E-state index contributed by atoms with van der Waals surface area (Å²) in [4.78, 5) is 19.2. The number of nitrogens with zero attached hydrogens (tertiary/aromatic N) is 2.